The van der Waals surface area contributed by atoms with Crippen molar-refractivity contribution < 1.29 is 34.2 Å². The Kier molecular flexibility index (Phi) is 9.55. The normalized spacial score (nSPS) is 13.3. The molecule has 0 aliphatic heterocycles. The van der Waals surface area contributed by atoms with Gasteiger partial charge in [-0.25, -0.2) is 4.79 Å². The van der Waals surface area contributed by atoms with E-state index in [1.54, 1.807) is 12.4 Å². The van der Waals surface area contributed by atoms with Crippen LogP contribution in [-0.2, 0) is 36.8 Å². The molecule has 0 fully saturated rings. The van der Waals surface area contributed by atoms with E-state index in [4.69, 9.17) is 10.8 Å². The van der Waals surface area contributed by atoms with Crippen molar-refractivity contribution in [3.8, 4) is 0 Å². The molecule has 0 saturated carbocycles. The Labute approximate surface area is 239 Å². The summed E-state index contributed by atoms with van der Waals surface area (Å²) in [7, 11) is 0. The summed E-state index contributed by atoms with van der Waals surface area (Å²) in [6.45, 7) is -0.540. The summed E-state index contributed by atoms with van der Waals surface area (Å²) >= 11 is 0. The molecule has 3 unspecified atom stereocenters. The van der Waals surface area contributed by atoms with Crippen LogP contribution in [0.3, 0.4) is 0 Å². The molecule has 0 aliphatic carbocycles. The van der Waals surface area contributed by atoms with Crippen LogP contribution in [0.4, 0.5) is 0 Å². The molecular formula is C29H32N6O7. The maximum absolute atomic E-state index is 13.2. The number of carboxylic acids is 2. The predicted molar refractivity (Wildman–Crippen MR) is 153 cm³/mol. The largest absolute Gasteiger partial charge is 0.481 e. The highest BCUT2D eigenvalue weighted by atomic mass is 16.4. The van der Waals surface area contributed by atoms with Crippen LogP contribution in [-0.4, -0.2) is 74.5 Å². The van der Waals surface area contributed by atoms with Crippen LogP contribution in [0.1, 0.15) is 24.0 Å². The Hall–Kier alpha value is -5.17. The van der Waals surface area contributed by atoms with Crippen molar-refractivity contribution in [2.75, 3.05) is 6.54 Å². The van der Waals surface area contributed by atoms with Crippen molar-refractivity contribution >= 4 is 51.5 Å². The van der Waals surface area contributed by atoms with E-state index in [9.17, 15) is 29.1 Å². The third-order valence-electron chi connectivity index (χ3n) is 6.89. The van der Waals surface area contributed by atoms with Gasteiger partial charge in [0.2, 0.25) is 17.7 Å². The van der Waals surface area contributed by atoms with Crippen LogP contribution in [0, 0.1) is 0 Å². The minimum atomic E-state index is -1.25. The summed E-state index contributed by atoms with van der Waals surface area (Å²) in [4.78, 5) is 67.5. The first-order chi connectivity index (χ1) is 20.1. The summed E-state index contributed by atoms with van der Waals surface area (Å²) in [5, 5.41) is 27.7. The van der Waals surface area contributed by atoms with E-state index in [-0.39, 0.29) is 25.7 Å². The van der Waals surface area contributed by atoms with E-state index >= 15 is 0 Å². The Morgan fingerprint density at radius 1 is 0.762 bits per heavy atom. The molecule has 4 aromatic rings. The van der Waals surface area contributed by atoms with E-state index in [0.717, 1.165) is 27.4 Å². The number of aromatic nitrogens is 2. The standard InChI is InChI=1S/C29H32N6O7/c30-20(9-10-26(37)38)27(39)35-23(11-16-13-31-21-7-3-1-5-18(16)21)28(40)33-15-25(36)34-24(29(41)42)12-17-14-32-22-8-4-2-6-19(17)22/h1-8,13-14,20,23-24,31-32H,9-12,15,30H2,(H,33,40)(H,34,36)(H,35,39)(H,37,38)(H,41,42). The Morgan fingerprint density at radius 2 is 1.31 bits per heavy atom. The summed E-state index contributed by atoms with van der Waals surface area (Å²) in [6, 6.07) is 11.2. The number of amides is 3. The second kappa shape index (κ2) is 13.5. The quantitative estimate of drug-likeness (QED) is 0.107. The number of hydrogen-bond acceptors (Lipinski definition) is 6. The Morgan fingerprint density at radius 3 is 1.86 bits per heavy atom. The van der Waals surface area contributed by atoms with Gasteiger partial charge in [-0.2, -0.15) is 0 Å². The highest BCUT2D eigenvalue weighted by Gasteiger charge is 2.27. The van der Waals surface area contributed by atoms with Crippen molar-refractivity contribution in [3.63, 3.8) is 0 Å². The SMILES string of the molecule is NC(CCC(=O)O)C(=O)NC(Cc1c[nH]c2ccccc12)C(=O)NCC(=O)NC(Cc1c[nH]c2ccccc12)C(=O)O. The number of nitrogens with one attached hydrogen (secondary N) is 5. The van der Waals surface area contributed by atoms with E-state index in [1.807, 2.05) is 48.5 Å². The third kappa shape index (κ3) is 7.52. The molecule has 13 heteroatoms. The van der Waals surface area contributed by atoms with Crippen molar-refractivity contribution in [2.24, 2.45) is 5.73 Å². The highest BCUT2D eigenvalue weighted by Crippen LogP contribution is 2.20. The van der Waals surface area contributed by atoms with Gasteiger partial charge in [-0.1, -0.05) is 36.4 Å². The van der Waals surface area contributed by atoms with Gasteiger partial charge >= 0.3 is 11.9 Å². The monoisotopic (exact) mass is 576 g/mol. The molecule has 0 bridgehead atoms. The van der Waals surface area contributed by atoms with Gasteiger partial charge in [0.1, 0.15) is 12.1 Å². The van der Waals surface area contributed by atoms with Crippen molar-refractivity contribution in [3.05, 3.63) is 72.1 Å². The molecule has 4 rings (SSSR count). The molecule has 0 spiro atoms. The summed E-state index contributed by atoms with van der Waals surface area (Å²) in [5.74, 6) is -4.49. The molecule has 9 N–H and O–H groups in total. The van der Waals surface area contributed by atoms with Gasteiger partial charge in [0.25, 0.3) is 0 Å². The third-order valence-corrected chi connectivity index (χ3v) is 6.89. The van der Waals surface area contributed by atoms with Gasteiger partial charge in [0.15, 0.2) is 0 Å². The number of carbonyl (C=O) groups excluding carboxylic acids is 3. The lowest BCUT2D eigenvalue weighted by molar-refractivity contribution is -0.141. The number of rotatable bonds is 14. The zero-order valence-corrected chi connectivity index (χ0v) is 22.6. The predicted octanol–water partition coefficient (Wildman–Crippen LogP) is 0.797. The lowest BCUT2D eigenvalue weighted by atomic mass is 10.0. The minimum absolute atomic E-state index is 0.0203. The molecule has 3 atom stereocenters. The zero-order valence-electron chi connectivity index (χ0n) is 22.6. The summed E-state index contributed by atoms with van der Waals surface area (Å²) < 4.78 is 0. The van der Waals surface area contributed by atoms with Gasteiger partial charge in [-0.05, 0) is 29.7 Å². The molecule has 220 valence electrons. The summed E-state index contributed by atoms with van der Waals surface area (Å²) in [6.07, 6.45) is 3.01. The van der Waals surface area contributed by atoms with Gasteiger partial charge in [-0.3, -0.25) is 19.2 Å². The van der Waals surface area contributed by atoms with Gasteiger partial charge in [-0.15, -0.1) is 0 Å². The number of H-pyrrole nitrogens is 2. The molecule has 2 heterocycles. The van der Waals surface area contributed by atoms with E-state index in [0.29, 0.717) is 5.56 Å². The number of fused-ring (bicyclic) bond motifs is 2. The smallest absolute Gasteiger partial charge is 0.326 e. The fraction of sp³-hybridized carbons (Fsp3) is 0.276. The maximum Gasteiger partial charge on any atom is 0.326 e. The number of aliphatic carboxylic acids is 2. The number of benzene rings is 2. The molecule has 2 aromatic heterocycles. The van der Waals surface area contributed by atoms with Crippen LogP contribution < -0.4 is 21.7 Å². The first kappa shape index (κ1) is 29.8. The maximum atomic E-state index is 13.2. The average molecular weight is 577 g/mol. The number of nitrogens with two attached hydrogens (primary N) is 1. The zero-order chi connectivity index (χ0) is 30.2. The number of para-hydroxylation sites is 2. The van der Waals surface area contributed by atoms with Gasteiger partial charge in [0, 0.05) is 53.5 Å². The van der Waals surface area contributed by atoms with E-state index < -0.39 is 54.3 Å². The van der Waals surface area contributed by atoms with Crippen LogP contribution in [0.15, 0.2) is 60.9 Å². The van der Waals surface area contributed by atoms with Crippen LogP contribution in [0.2, 0.25) is 0 Å². The van der Waals surface area contributed by atoms with Crippen LogP contribution in [0.5, 0.6) is 0 Å². The molecule has 0 radical (unpaired) electrons. The van der Waals surface area contributed by atoms with E-state index in [1.165, 1.54) is 0 Å². The van der Waals surface area contributed by atoms with Crippen molar-refractivity contribution in [1.29, 1.82) is 0 Å². The van der Waals surface area contributed by atoms with Crippen molar-refractivity contribution in [2.45, 2.75) is 43.8 Å². The molecular weight excluding hydrogens is 544 g/mol. The second-order valence-corrected chi connectivity index (χ2v) is 9.90. The fourth-order valence-corrected chi connectivity index (χ4v) is 4.67. The highest BCUT2D eigenvalue weighted by molar-refractivity contribution is 5.94. The number of aromatic amines is 2. The molecule has 2 aromatic carbocycles. The molecule has 3 amide bonds. The topological polar surface area (TPSA) is 219 Å². The number of carbonyl (C=O) groups is 5. The van der Waals surface area contributed by atoms with Gasteiger partial charge in [0.05, 0.1) is 12.6 Å². The number of carboxylic acid groups (broad SMARTS) is 2. The Balaban J connectivity index is 1.41. The van der Waals surface area contributed by atoms with E-state index in [2.05, 4.69) is 25.9 Å². The van der Waals surface area contributed by atoms with Crippen LogP contribution >= 0.6 is 0 Å². The van der Waals surface area contributed by atoms with Crippen LogP contribution in [0.25, 0.3) is 21.8 Å². The first-order valence-electron chi connectivity index (χ1n) is 13.3. The minimum Gasteiger partial charge on any atom is -0.481 e. The molecule has 0 saturated heterocycles. The fourth-order valence-electron chi connectivity index (χ4n) is 4.67. The molecule has 42 heavy (non-hydrogen) atoms. The molecule has 13 nitrogen and oxygen atoms in total. The average Bonchev–Trinajstić information content (AvgIpc) is 3.57. The second-order valence-electron chi connectivity index (χ2n) is 9.90. The Bertz CT molecular complexity index is 1610. The molecule has 0 aliphatic rings. The number of hydrogen-bond donors (Lipinski definition) is 8. The summed E-state index contributed by atoms with van der Waals surface area (Å²) in [5.41, 5.74) is 8.93. The van der Waals surface area contributed by atoms with Gasteiger partial charge < -0.3 is 41.9 Å². The first-order valence-corrected chi connectivity index (χ1v) is 13.3. The lowest BCUT2D eigenvalue weighted by Crippen LogP contribution is -2.54. The van der Waals surface area contributed by atoms with Crippen molar-refractivity contribution in [1.82, 2.24) is 25.9 Å². The lowest BCUT2D eigenvalue weighted by Gasteiger charge is -2.21.